The van der Waals surface area contributed by atoms with Crippen molar-refractivity contribution < 1.29 is 9.53 Å². The van der Waals surface area contributed by atoms with Gasteiger partial charge in [-0.25, -0.2) is 4.79 Å². The minimum atomic E-state index is -0.211. The molecule has 4 aliphatic carbocycles. The van der Waals surface area contributed by atoms with Crippen molar-refractivity contribution in [3.63, 3.8) is 0 Å². The largest absolute Gasteiger partial charge is 0.459 e. The fourth-order valence-electron chi connectivity index (χ4n) is 10.0. The van der Waals surface area contributed by atoms with Gasteiger partial charge in [-0.3, -0.25) is 0 Å². The number of esters is 1. The van der Waals surface area contributed by atoms with Crippen LogP contribution in [0.4, 0.5) is 5.69 Å². The van der Waals surface area contributed by atoms with Crippen LogP contribution in [0.25, 0.3) is 6.08 Å². The smallest absolute Gasteiger partial charge is 0.331 e. The van der Waals surface area contributed by atoms with Gasteiger partial charge in [0.25, 0.3) is 0 Å². The summed E-state index contributed by atoms with van der Waals surface area (Å²) < 4.78 is 6.00. The first-order valence-corrected chi connectivity index (χ1v) is 16.9. The summed E-state index contributed by atoms with van der Waals surface area (Å²) in [5, 5.41) is 0. The normalized spacial score (nSPS) is 35.4. The molecule has 8 atom stereocenters. The summed E-state index contributed by atoms with van der Waals surface area (Å²) >= 11 is 0. The van der Waals surface area contributed by atoms with Gasteiger partial charge in [0.15, 0.2) is 0 Å². The van der Waals surface area contributed by atoms with Gasteiger partial charge in [0.2, 0.25) is 0 Å². The number of carbonyl (C=O) groups excluding carboxylic acids is 1. The van der Waals surface area contributed by atoms with Crippen LogP contribution in [0.5, 0.6) is 0 Å². The predicted octanol–water partition coefficient (Wildman–Crippen LogP) is 9.72. The topological polar surface area (TPSA) is 29.5 Å². The second-order valence-corrected chi connectivity index (χ2v) is 15.4. The van der Waals surface area contributed by atoms with Crippen LogP contribution in [0.2, 0.25) is 0 Å². The maximum absolute atomic E-state index is 12.7. The molecule has 0 N–H and O–H groups in total. The minimum Gasteiger partial charge on any atom is -0.459 e. The fourth-order valence-corrected chi connectivity index (χ4v) is 10.0. The fraction of sp³-hybridized carbons (Fsp3) is 0.711. The van der Waals surface area contributed by atoms with E-state index in [9.17, 15) is 4.79 Å². The van der Waals surface area contributed by atoms with Gasteiger partial charge < -0.3 is 9.64 Å². The third-order valence-corrected chi connectivity index (χ3v) is 12.4. The van der Waals surface area contributed by atoms with Crippen molar-refractivity contribution in [3.8, 4) is 0 Å². The second-order valence-electron chi connectivity index (χ2n) is 15.4. The van der Waals surface area contributed by atoms with Gasteiger partial charge >= 0.3 is 5.97 Å². The number of ether oxygens (including phenoxy) is 1. The molecule has 3 fully saturated rings. The van der Waals surface area contributed by atoms with E-state index >= 15 is 0 Å². The number of nitrogens with zero attached hydrogens (tertiary/aromatic N) is 1. The van der Waals surface area contributed by atoms with Crippen LogP contribution in [0.1, 0.15) is 111 Å². The van der Waals surface area contributed by atoms with Crippen LogP contribution in [0.15, 0.2) is 42.0 Å². The zero-order chi connectivity index (χ0) is 29.4. The number of rotatable bonds is 9. The molecule has 0 unspecified atom stereocenters. The molecule has 3 saturated carbocycles. The Morgan fingerprint density at radius 2 is 1.76 bits per heavy atom. The van der Waals surface area contributed by atoms with Crippen LogP contribution in [0, 0.1) is 46.3 Å². The van der Waals surface area contributed by atoms with Gasteiger partial charge in [-0.2, -0.15) is 0 Å². The van der Waals surface area contributed by atoms with Crippen LogP contribution in [0.3, 0.4) is 0 Å². The summed E-state index contributed by atoms with van der Waals surface area (Å²) in [6, 6.07) is 8.24. The van der Waals surface area contributed by atoms with Gasteiger partial charge in [-0.05, 0) is 115 Å². The lowest BCUT2D eigenvalue weighted by Gasteiger charge is -2.58. The highest BCUT2D eigenvalue weighted by Gasteiger charge is 2.59. The van der Waals surface area contributed by atoms with Crippen molar-refractivity contribution in [2.75, 3.05) is 19.0 Å². The Hall–Kier alpha value is -2.03. The Morgan fingerprint density at radius 3 is 2.46 bits per heavy atom. The summed E-state index contributed by atoms with van der Waals surface area (Å²) in [5.74, 6) is 4.93. The quantitative estimate of drug-likeness (QED) is 0.171. The van der Waals surface area contributed by atoms with E-state index < -0.39 is 0 Å². The van der Waals surface area contributed by atoms with Gasteiger partial charge in [-0.15, -0.1) is 0 Å². The lowest BCUT2D eigenvalue weighted by molar-refractivity contribution is -0.145. The van der Waals surface area contributed by atoms with E-state index in [1.165, 1.54) is 51.4 Å². The molecule has 1 aromatic carbocycles. The lowest BCUT2D eigenvalue weighted by atomic mass is 9.47. The summed E-state index contributed by atoms with van der Waals surface area (Å²) in [6.45, 7) is 12.6. The molecule has 0 bridgehead atoms. The van der Waals surface area contributed by atoms with E-state index in [0.29, 0.717) is 5.41 Å². The van der Waals surface area contributed by atoms with E-state index in [-0.39, 0.29) is 17.5 Å². The number of fused-ring (bicyclic) bond motifs is 5. The van der Waals surface area contributed by atoms with E-state index in [2.05, 4.69) is 57.7 Å². The molecule has 5 rings (SSSR count). The average Bonchev–Trinajstić information content (AvgIpc) is 3.29. The third-order valence-electron chi connectivity index (χ3n) is 12.4. The molecule has 0 aliphatic heterocycles. The molecule has 226 valence electrons. The highest BCUT2D eigenvalue weighted by molar-refractivity contribution is 5.87. The van der Waals surface area contributed by atoms with Crippen LogP contribution >= 0.6 is 0 Å². The highest BCUT2D eigenvalue weighted by Crippen LogP contribution is 2.67. The zero-order valence-corrected chi connectivity index (χ0v) is 27.1. The Bertz CT molecular complexity index is 1120. The predicted molar refractivity (Wildman–Crippen MR) is 173 cm³/mol. The number of allylic oxidation sites excluding steroid dienone is 1. The number of benzene rings is 1. The minimum absolute atomic E-state index is 0.00977. The van der Waals surface area contributed by atoms with E-state index in [4.69, 9.17) is 4.74 Å². The molecule has 3 nitrogen and oxygen atoms in total. The summed E-state index contributed by atoms with van der Waals surface area (Å²) in [7, 11) is 4.07. The molecular weight excluding hydrogens is 502 g/mol. The van der Waals surface area contributed by atoms with Gasteiger partial charge in [-0.1, -0.05) is 77.7 Å². The van der Waals surface area contributed by atoms with Crippen molar-refractivity contribution >= 4 is 17.7 Å². The second kappa shape index (κ2) is 12.3. The summed E-state index contributed by atoms with van der Waals surface area (Å²) in [5.41, 5.74) is 4.59. The molecule has 1 aromatic rings. The molecule has 0 spiro atoms. The molecular formula is C38H57NO2. The van der Waals surface area contributed by atoms with E-state index in [1.807, 2.05) is 32.3 Å². The maximum atomic E-state index is 12.7. The van der Waals surface area contributed by atoms with Crippen LogP contribution in [-0.2, 0) is 9.53 Å². The first kappa shape index (κ1) is 30.4. The molecule has 0 heterocycles. The number of hydrogen-bond acceptors (Lipinski definition) is 3. The van der Waals surface area contributed by atoms with Crippen molar-refractivity contribution in [1.82, 2.24) is 0 Å². The first-order valence-electron chi connectivity index (χ1n) is 16.9. The molecule has 4 aliphatic rings. The molecule has 3 heteroatoms. The van der Waals surface area contributed by atoms with Crippen molar-refractivity contribution in [1.29, 1.82) is 0 Å². The van der Waals surface area contributed by atoms with Crippen molar-refractivity contribution in [2.45, 2.75) is 111 Å². The molecule has 0 radical (unpaired) electrons. The number of carbonyl (C=O) groups is 1. The zero-order valence-electron chi connectivity index (χ0n) is 27.1. The number of hydrogen-bond donors (Lipinski definition) is 0. The van der Waals surface area contributed by atoms with Crippen LogP contribution in [-0.4, -0.2) is 26.2 Å². The standard InChI is InChI=1S/C38H57NO2/c1-26(2)9-8-10-27(3)33-18-19-34-32-17-14-29-25-31(21-23-37(29,4)35(32)22-24-38(33,34)5)41-36(40)20-13-28-11-15-30(16-12-28)39(6)7/h11-16,20,26-27,31-35H,8-10,17-19,21-25H2,1-7H3/b20-13+/t27-,31-,32+,33-,34-,35+,37-,38+/m0/s1. The van der Waals surface area contributed by atoms with Crippen molar-refractivity contribution in [2.24, 2.45) is 46.3 Å². The summed E-state index contributed by atoms with van der Waals surface area (Å²) in [6.07, 6.45) is 20.3. The Labute approximate surface area is 251 Å². The Balaban J connectivity index is 1.19. The first-order chi connectivity index (χ1) is 19.5. The van der Waals surface area contributed by atoms with Gasteiger partial charge in [0.05, 0.1) is 0 Å². The monoisotopic (exact) mass is 559 g/mol. The highest BCUT2D eigenvalue weighted by atomic mass is 16.5. The van der Waals surface area contributed by atoms with E-state index in [0.717, 1.165) is 66.0 Å². The average molecular weight is 560 g/mol. The molecule has 0 amide bonds. The SMILES string of the molecule is CC(C)CCC[C@H](C)[C@@H]1CC[C@H]2[C@H]3CC=C4C[C@@H](OC(=O)/C=C/c5ccc(N(C)C)cc5)CC[C@]4(C)[C@@H]3CC[C@@]21C. The lowest BCUT2D eigenvalue weighted by Crippen LogP contribution is -2.51. The molecule has 41 heavy (non-hydrogen) atoms. The van der Waals surface area contributed by atoms with Crippen molar-refractivity contribution in [3.05, 3.63) is 47.6 Å². The molecule has 0 aromatic heterocycles. The molecule has 0 saturated heterocycles. The maximum Gasteiger partial charge on any atom is 0.331 e. The van der Waals surface area contributed by atoms with E-state index in [1.54, 1.807) is 11.6 Å². The number of anilines is 1. The summed E-state index contributed by atoms with van der Waals surface area (Å²) in [4.78, 5) is 14.8. The Kier molecular flexibility index (Phi) is 9.12. The third kappa shape index (κ3) is 6.21. The van der Waals surface area contributed by atoms with Gasteiger partial charge in [0.1, 0.15) is 6.10 Å². The Morgan fingerprint density at radius 1 is 1.00 bits per heavy atom. The van der Waals surface area contributed by atoms with Crippen LogP contribution < -0.4 is 4.90 Å². The van der Waals surface area contributed by atoms with Gasteiger partial charge in [0, 0.05) is 32.3 Å².